The van der Waals surface area contributed by atoms with Crippen LogP contribution in [0.5, 0.6) is 0 Å². The van der Waals surface area contributed by atoms with E-state index in [0.717, 1.165) is 5.82 Å². The van der Waals surface area contributed by atoms with E-state index in [9.17, 15) is 0 Å². The second-order valence-corrected chi connectivity index (χ2v) is 5.28. The maximum Gasteiger partial charge on any atom is 0.138 e. The fourth-order valence-corrected chi connectivity index (χ4v) is 2.62. The van der Waals surface area contributed by atoms with Crippen molar-refractivity contribution in [2.75, 3.05) is 0 Å². The van der Waals surface area contributed by atoms with Gasteiger partial charge in [0.25, 0.3) is 0 Å². The van der Waals surface area contributed by atoms with Gasteiger partial charge in [0.05, 0.1) is 6.04 Å². The SMILES string of the molecule is Cc1cccc(C(Cc2ncnn2C)NN)c1I. The van der Waals surface area contributed by atoms with E-state index in [1.807, 2.05) is 13.1 Å². The van der Waals surface area contributed by atoms with Crippen LogP contribution >= 0.6 is 22.6 Å². The van der Waals surface area contributed by atoms with Gasteiger partial charge >= 0.3 is 0 Å². The van der Waals surface area contributed by atoms with Crippen LogP contribution in [-0.2, 0) is 13.5 Å². The summed E-state index contributed by atoms with van der Waals surface area (Å²) < 4.78 is 3.01. The van der Waals surface area contributed by atoms with Crippen molar-refractivity contribution < 1.29 is 0 Å². The van der Waals surface area contributed by atoms with E-state index in [1.54, 1.807) is 11.0 Å². The molecule has 2 rings (SSSR count). The molecular weight excluding hydrogens is 341 g/mol. The summed E-state index contributed by atoms with van der Waals surface area (Å²) in [6.45, 7) is 2.10. The topological polar surface area (TPSA) is 68.8 Å². The van der Waals surface area contributed by atoms with Crippen molar-refractivity contribution in [2.45, 2.75) is 19.4 Å². The van der Waals surface area contributed by atoms with Gasteiger partial charge in [0.1, 0.15) is 12.2 Å². The second-order valence-electron chi connectivity index (χ2n) is 4.20. The average Bonchev–Trinajstić information content (AvgIpc) is 2.76. The minimum Gasteiger partial charge on any atom is -0.271 e. The first-order chi connectivity index (χ1) is 8.63. The van der Waals surface area contributed by atoms with Crippen molar-refractivity contribution in [3.63, 3.8) is 0 Å². The van der Waals surface area contributed by atoms with Crippen LogP contribution in [0.1, 0.15) is 23.0 Å². The lowest BCUT2D eigenvalue weighted by atomic mass is 10.0. The fourth-order valence-electron chi connectivity index (χ4n) is 1.89. The summed E-state index contributed by atoms with van der Waals surface area (Å²) in [4.78, 5) is 4.23. The first kappa shape index (κ1) is 13.4. The molecule has 1 atom stereocenters. The van der Waals surface area contributed by atoms with Crippen molar-refractivity contribution in [3.8, 4) is 0 Å². The first-order valence-corrected chi connectivity index (χ1v) is 6.75. The number of aryl methyl sites for hydroxylation is 2. The molecule has 0 bridgehead atoms. The molecule has 1 unspecified atom stereocenters. The minimum atomic E-state index is 0.0414. The third-order valence-electron chi connectivity index (χ3n) is 2.99. The monoisotopic (exact) mass is 357 g/mol. The molecule has 0 amide bonds. The van der Waals surface area contributed by atoms with Gasteiger partial charge in [-0.25, -0.2) is 4.98 Å². The lowest BCUT2D eigenvalue weighted by Crippen LogP contribution is -2.31. The lowest BCUT2D eigenvalue weighted by molar-refractivity contribution is 0.521. The molecule has 0 saturated heterocycles. The van der Waals surface area contributed by atoms with Crippen LogP contribution in [0.3, 0.4) is 0 Å². The summed E-state index contributed by atoms with van der Waals surface area (Å²) >= 11 is 2.36. The van der Waals surface area contributed by atoms with E-state index in [0.29, 0.717) is 6.42 Å². The van der Waals surface area contributed by atoms with Gasteiger partial charge < -0.3 is 0 Å². The predicted octanol–water partition coefficient (Wildman–Crippen LogP) is 1.48. The molecule has 0 fully saturated rings. The Balaban J connectivity index is 2.29. The molecule has 6 heteroatoms. The Labute approximate surface area is 120 Å². The predicted molar refractivity (Wildman–Crippen MR) is 78.7 cm³/mol. The molecule has 5 nitrogen and oxygen atoms in total. The molecule has 0 aliphatic rings. The number of nitrogens with zero attached hydrogens (tertiary/aromatic N) is 3. The number of nitrogens with two attached hydrogens (primary N) is 1. The molecule has 2 aromatic rings. The number of hydrazine groups is 1. The molecule has 1 aromatic heterocycles. The van der Waals surface area contributed by atoms with E-state index < -0.39 is 0 Å². The summed E-state index contributed by atoms with van der Waals surface area (Å²) in [6.07, 6.45) is 2.27. The highest BCUT2D eigenvalue weighted by atomic mass is 127. The van der Waals surface area contributed by atoms with Gasteiger partial charge in [-0.1, -0.05) is 18.2 Å². The molecule has 0 saturated carbocycles. The number of rotatable bonds is 4. The molecule has 0 aliphatic heterocycles. The second kappa shape index (κ2) is 5.77. The zero-order chi connectivity index (χ0) is 13.1. The summed E-state index contributed by atoms with van der Waals surface area (Å²) in [5, 5.41) is 4.07. The van der Waals surface area contributed by atoms with Gasteiger partial charge in [-0.15, -0.1) is 0 Å². The number of hydrogen-bond acceptors (Lipinski definition) is 4. The van der Waals surface area contributed by atoms with Crippen LogP contribution in [-0.4, -0.2) is 14.8 Å². The molecule has 3 N–H and O–H groups in total. The van der Waals surface area contributed by atoms with Crippen molar-refractivity contribution in [1.29, 1.82) is 0 Å². The van der Waals surface area contributed by atoms with Crippen LogP contribution in [0.25, 0.3) is 0 Å². The van der Waals surface area contributed by atoms with Crippen LogP contribution in [0.4, 0.5) is 0 Å². The number of nitrogens with one attached hydrogen (secondary N) is 1. The van der Waals surface area contributed by atoms with E-state index >= 15 is 0 Å². The third kappa shape index (κ3) is 2.70. The Morgan fingerprint density at radius 3 is 2.89 bits per heavy atom. The Hall–Kier alpha value is -0.990. The van der Waals surface area contributed by atoms with Gasteiger partial charge in [0, 0.05) is 17.0 Å². The van der Waals surface area contributed by atoms with Gasteiger partial charge in [0.2, 0.25) is 0 Å². The largest absolute Gasteiger partial charge is 0.271 e. The van der Waals surface area contributed by atoms with Gasteiger partial charge in [0.15, 0.2) is 0 Å². The summed E-state index contributed by atoms with van der Waals surface area (Å²) in [5.41, 5.74) is 5.32. The van der Waals surface area contributed by atoms with Crippen molar-refractivity contribution in [2.24, 2.45) is 12.9 Å². The molecule has 0 aliphatic carbocycles. The normalized spacial score (nSPS) is 12.7. The van der Waals surface area contributed by atoms with Crippen LogP contribution in [0.2, 0.25) is 0 Å². The zero-order valence-electron chi connectivity index (χ0n) is 10.4. The van der Waals surface area contributed by atoms with E-state index in [2.05, 4.69) is 57.2 Å². The van der Waals surface area contributed by atoms with Crippen molar-refractivity contribution in [3.05, 3.63) is 45.0 Å². The molecule has 1 heterocycles. The van der Waals surface area contributed by atoms with Crippen LogP contribution in [0, 0.1) is 10.5 Å². The smallest absolute Gasteiger partial charge is 0.138 e. The van der Waals surface area contributed by atoms with Gasteiger partial charge in [-0.3, -0.25) is 16.0 Å². The number of benzene rings is 1. The quantitative estimate of drug-likeness (QED) is 0.494. The summed E-state index contributed by atoms with van der Waals surface area (Å²) in [5.74, 6) is 6.59. The van der Waals surface area contributed by atoms with Gasteiger partial charge in [-0.05, 0) is 40.6 Å². The Morgan fingerprint density at radius 1 is 1.50 bits per heavy atom. The van der Waals surface area contributed by atoms with Crippen LogP contribution < -0.4 is 11.3 Å². The highest BCUT2D eigenvalue weighted by Gasteiger charge is 2.16. The minimum absolute atomic E-state index is 0.0414. The third-order valence-corrected chi connectivity index (χ3v) is 4.46. The molecular formula is C12H16IN5. The van der Waals surface area contributed by atoms with E-state index in [-0.39, 0.29) is 6.04 Å². The summed E-state index contributed by atoms with van der Waals surface area (Å²) in [6, 6.07) is 6.28. The number of aromatic nitrogens is 3. The molecule has 18 heavy (non-hydrogen) atoms. The molecule has 1 aromatic carbocycles. The number of hydrogen-bond donors (Lipinski definition) is 2. The maximum absolute atomic E-state index is 5.68. The Morgan fingerprint density at radius 2 is 2.28 bits per heavy atom. The van der Waals surface area contributed by atoms with Crippen molar-refractivity contribution >= 4 is 22.6 Å². The van der Waals surface area contributed by atoms with E-state index in [4.69, 9.17) is 5.84 Å². The lowest BCUT2D eigenvalue weighted by Gasteiger charge is -2.18. The highest BCUT2D eigenvalue weighted by Crippen LogP contribution is 2.24. The number of halogens is 1. The zero-order valence-corrected chi connectivity index (χ0v) is 12.5. The standard InChI is InChI=1S/C12H16IN5/c1-8-4-3-5-9(12(8)13)10(17-14)6-11-15-7-16-18(11)2/h3-5,7,10,17H,6,14H2,1-2H3. The van der Waals surface area contributed by atoms with Crippen molar-refractivity contribution in [1.82, 2.24) is 20.2 Å². The molecule has 0 radical (unpaired) electrons. The fraction of sp³-hybridized carbons (Fsp3) is 0.333. The molecule has 96 valence electrons. The van der Waals surface area contributed by atoms with Gasteiger partial charge in [-0.2, -0.15) is 5.10 Å². The highest BCUT2D eigenvalue weighted by molar-refractivity contribution is 14.1. The maximum atomic E-state index is 5.68. The van der Waals surface area contributed by atoms with E-state index in [1.165, 1.54) is 14.7 Å². The summed E-state index contributed by atoms with van der Waals surface area (Å²) in [7, 11) is 1.89. The average molecular weight is 357 g/mol. The van der Waals surface area contributed by atoms with Crippen LogP contribution in [0.15, 0.2) is 24.5 Å². The first-order valence-electron chi connectivity index (χ1n) is 5.67. The Bertz CT molecular complexity index is 537. The molecule has 0 spiro atoms. The Kier molecular flexibility index (Phi) is 4.31.